The molecule has 0 bridgehead atoms. The lowest BCUT2D eigenvalue weighted by Gasteiger charge is -2.08. The van der Waals surface area contributed by atoms with E-state index in [-0.39, 0.29) is 0 Å². The summed E-state index contributed by atoms with van der Waals surface area (Å²) in [5.74, 6) is 1.16. The maximum Gasteiger partial charge on any atom is 0.177 e. The minimum absolute atomic E-state index is 0.420. The van der Waals surface area contributed by atoms with Gasteiger partial charge in [0.1, 0.15) is 11.6 Å². The number of benzene rings is 1. The number of nitrogens with one attached hydrogen (secondary N) is 1. The number of rotatable bonds is 2. The van der Waals surface area contributed by atoms with Gasteiger partial charge in [-0.15, -0.1) is 5.10 Å². The highest BCUT2D eigenvalue weighted by atomic mass is 15.3. The van der Waals surface area contributed by atoms with Gasteiger partial charge in [-0.25, -0.2) is 14.5 Å². The highest BCUT2D eigenvalue weighted by Gasteiger charge is 2.07. The SMILES string of the molecule is Nc1cc(Nc2ccc3ccccc3n2)c2nccn2n1. The van der Waals surface area contributed by atoms with Gasteiger partial charge in [0.05, 0.1) is 11.2 Å². The average Bonchev–Trinajstić information content (AvgIpc) is 2.95. The number of para-hydroxylation sites is 1. The van der Waals surface area contributed by atoms with Crippen LogP contribution in [0.1, 0.15) is 0 Å². The van der Waals surface area contributed by atoms with Crippen LogP contribution in [0.3, 0.4) is 0 Å². The van der Waals surface area contributed by atoms with Crippen molar-refractivity contribution in [1.29, 1.82) is 0 Å². The molecular formula is C15H12N6. The Morgan fingerprint density at radius 1 is 1.10 bits per heavy atom. The number of hydrogen-bond acceptors (Lipinski definition) is 5. The summed E-state index contributed by atoms with van der Waals surface area (Å²) in [4.78, 5) is 8.85. The van der Waals surface area contributed by atoms with Crippen molar-refractivity contribution in [3.63, 3.8) is 0 Å². The van der Waals surface area contributed by atoms with Crippen LogP contribution in [0.15, 0.2) is 54.9 Å². The summed E-state index contributed by atoms with van der Waals surface area (Å²) in [5.41, 5.74) is 8.22. The van der Waals surface area contributed by atoms with Gasteiger partial charge in [-0.3, -0.25) is 0 Å². The second kappa shape index (κ2) is 4.45. The molecule has 4 rings (SSSR count). The van der Waals surface area contributed by atoms with Crippen LogP contribution in [0, 0.1) is 0 Å². The van der Waals surface area contributed by atoms with E-state index in [1.807, 2.05) is 36.4 Å². The average molecular weight is 276 g/mol. The maximum atomic E-state index is 5.81. The Balaban J connectivity index is 1.80. The van der Waals surface area contributed by atoms with Crippen LogP contribution >= 0.6 is 0 Å². The molecule has 3 N–H and O–H groups in total. The lowest BCUT2D eigenvalue weighted by atomic mass is 10.2. The molecule has 21 heavy (non-hydrogen) atoms. The zero-order valence-electron chi connectivity index (χ0n) is 11.1. The third-order valence-electron chi connectivity index (χ3n) is 3.24. The van der Waals surface area contributed by atoms with Gasteiger partial charge in [0.15, 0.2) is 5.65 Å². The Hall–Kier alpha value is -3.15. The molecule has 6 heteroatoms. The van der Waals surface area contributed by atoms with Crippen molar-refractivity contribution < 1.29 is 0 Å². The number of aromatic nitrogens is 4. The summed E-state index contributed by atoms with van der Waals surface area (Å²) < 4.78 is 1.64. The first-order chi connectivity index (χ1) is 10.3. The lowest BCUT2D eigenvalue weighted by Crippen LogP contribution is -2.02. The van der Waals surface area contributed by atoms with Gasteiger partial charge in [-0.2, -0.15) is 0 Å². The molecule has 0 unspecified atom stereocenters. The van der Waals surface area contributed by atoms with Crippen LogP contribution in [0.25, 0.3) is 16.6 Å². The van der Waals surface area contributed by atoms with Crippen molar-refractivity contribution in [3.8, 4) is 0 Å². The Morgan fingerprint density at radius 2 is 2.00 bits per heavy atom. The van der Waals surface area contributed by atoms with Crippen LogP contribution < -0.4 is 11.1 Å². The van der Waals surface area contributed by atoms with Gasteiger partial charge in [-0.05, 0) is 18.2 Å². The Morgan fingerprint density at radius 3 is 2.95 bits per heavy atom. The molecule has 0 atom stereocenters. The zero-order chi connectivity index (χ0) is 14.2. The molecule has 0 saturated carbocycles. The van der Waals surface area contributed by atoms with Crippen molar-refractivity contribution in [1.82, 2.24) is 19.6 Å². The number of nitrogens with two attached hydrogens (primary N) is 1. The van der Waals surface area contributed by atoms with Crippen LogP contribution in [0.5, 0.6) is 0 Å². The highest BCUT2D eigenvalue weighted by Crippen LogP contribution is 2.22. The second-order valence-electron chi connectivity index (χ2n) is 4.69. The molecule has 0 aliphatic rings. The van der Waals surface area contributed by atoms with Gasteiger partial charge in [0.2, 0.25) is 0 Å². The Labute approximate surface area is 120 Å². The third kappa shape index (κ3) is 2.02. The van der Waals surface area contributed by atoms with E-state index in [1.165, 1.54) is 0 Å². The molecule has 0 aliphatic carbocycles. The molecule has 0 radical (unpaired) electrons. The van der Waals surface area contributed by atoms with E-state index in [0.717, 1.165) is 22.4 Å². The molecule has 0 saturated heterocycles. The molecule has 102 valence electrons. The first kappa shape index (κ1) is 11.7. The normalized spacial score (nSPS) is 11.0. The maximum absolute atomic E-state index is 5.81. The molecule has 4 aromatic rings. The molecule has 3 heterocycles. The first-order valence-corrected chi connectivity index (χ1v) is 6.52. The first-order valence-electron chi connectivity index (χ1n) is 6.52. The number of nitrogens with zero attached hydrogens (tertiary/aromatic N) is 4. The van der Waals surface area contributed by atoms with E-state index in [2.05, 4.69) is 20.4 Å². The van der Waals surface area contributed by atoms with Crippen molar-refractivity contribution in [2.75, 3.05) is 11.1 Å². The van der Waals surface area contributed by atoms with Crippen molar-refractivity contribution in [2.24, 2.45) is 0 Å². The lowest BCUT2D eigenvalue weighted by molar-refractivity contribution is 0.947. The predicted octanol–water partition coefficient (Wildman–Crippen LogP) is 2.60. The zero-order valence-corrected chi connectivity index (χ0v) is 11.1. The molecule has 0 fully saturated rings. The molecule has 6 nitrogen and oxygen atoms in total. The van der Waals surface area contributed by atoms with Crippen LogP contribution in [0.2, 0.25) is 0 Å². The molecule has 0 spiro atoms. The minimum Gasteiger partial charge on any atom is -0.382 e. The van der Waals surface area contributed by atoms with Crippen molar-refractivity contribution in [3.05, 3.63) is 54.9 Å². The Bertz CT molecular complexity index is 943. The smallest absolute Gasteiger partial charge is 0.177 e. The minimum atomic E-state index is 0.420. The standard InChI is InChI=1S/C15H12N6/c16-13-9-12(15-17-7-8-21(15)20-13)19-14-6-5-10-3-1-2-4-11(10)18-14/h1-9H,(H2,16,20)(H,18,19). The van der Waals surface area contributed by atoms with E-state index < -0.39 is 0 Å². The van der Waals surface area contributed by atoms with Gasteiger partial charge in [0.25, 0.3) is 0 Å². The van der Waals surface area contributed by atoms with Crippen LogP contribution in [-0.4, -0.2) is 19.6 Å². The summed E-state index contributed by atoms with van der Waals surface area (Å²) in [7, 11) is 0. The second-order valence-corrected chi connectivity index (χ2v) is 4.69. The van der Waals surface area contributed by atoms with E-state index in [9.17, 15) is 0 Å². The number of fused-ring (bicyclic) bond motifs is 2. The van der Waals surface area contributed by atoms with E-state index >= 15 is 0 Å². The number of imidazole rings is 1. The van der Waals surface area contributed by atoms with Gasteiger partial charge in [-0.1, -0.05) is 18.2 Å². The Kier molecular flexibility index (Phi) is 2.47. The fraction of sp³-hybridized carbons (Fsp3) is 0. The number of pyridine rings is 1. The molecule has 0 aliphatic heterocycles. The van der Waals surface area contributed by atoms with Crippen molar-refractivity contribution >= 4 is 33.9 Å². The van der Waals surface area contributed by atoms with Crippen LogP contribution in [-0.2, 0) is 0 Å². The monoisotopic (exact) mass is 276 g/mol. The van der Waals surface area contributed by atoms with E-state index in [0.29, 0.717) is 11.5 Å². The fourth-order valence-electron chi connectivity index (χ4n) is 2.30. The molecule has 1 aromatic carbocycles. The van der Waals surface area contributed by atoms with Crippen molar-refractivity contribution in [2.45, 2.75) is 0 Å². The van der Waals surface area contributed by atoms with E-state index in [1.54, 1.807) is 23.0 Å². The summed E-state index contributed by atoms with van der Waals surface area (Å²) in [6.45, 7) is 0. The predicted molar refractivity (Wildman–Crippen MR) is 82.4 cm³/mol. The fourth-order valence-corrected chi connectivity index (χ4v) is 2.30. The third-order valence-corrected chi connectivity index (χ3v) is 3.24. The number of anilines is 3. The van der Waals surface area contributed by atoms with Gasteiger partial charge >= 0.3 is 0 Å². The quantitative estimate of drug-likeness (QED) is 0.588. The summed E-state index contributed by atoms with van der Waals surface area (Å²) >= 11 is 0. The molecule has 3 aromatic heterocycles. The molecular weight excluding hydrogens is 264 g/mol. The summed E-state index contributed by atoms with van der Waals surface area (Å²) in [6, 6.07) is 13.7. The summed E-state index contributed by atoms with van der Waals surface area (Å²) in [6.07, 6.45) is 3.44. The topological polar surface area (TPSA) is 81.1 Å². The number of hydrogen-bond donors (Lipinski definition) is 2. The van der Waals surface area contributed by atoms with Gasteiger partial charge < -0.3 is 11.1 Å². The van der Waals surface area contributed by atoms with Crippen LogP contribution in [0.4, 0.5) is 17.3 Å². The highest BCUT2D eigenvalue weighted by molar-refractivity contribution is 5.82. The molecule has 0 amide bonds. The van der Waals surface area contributed by atoms with Gasteiger partial charge in [0, 0.05) is 23.8 Å². The summed E-state index contributed by atoms with van der Waals surface area (Å²) in [5, 5.41) is 8.51. The van der Waals surface area contributed by atoms with E-state index in [4.69, 9.17) is 5.73 Å². The number of nitrogen functional groups attached to an aromatic ring is 1. The largest absolute Gasteiger partial charge is 0.382 e.